The summed E-state index contributed by atoms with van der Waals surface area (Å²) in [6, 6.07) is 7.37. The molecule has 0 spiro atoms. The third kappa shape index (κ3) is 5.69. The van der Waals surface area contributed by atoms with E-state index in [1.807, 2.05) is 31.2 Å². The summed E-state index contributed by atoms with van der Waals surface area (Å²) in [6.07, 6.45) is 1.31. The molecule has 6 heteroatoms. The van der Waals surface area contributed by atoms with Gasteiger partial charge in [0.05, 0.1) is 5.75 Å². The number of rotatable bonds is 7. The number of alkyl halides is 1. The lowest BCUT2D eigenvalue weighted by Crippen LogP contribution is -2.29. The third-order valence-electron chi connectivity index (χ3n) is 2.52. The summed E-state index contributed by atoms with van der Waals surface area (Å²) in [5, 5.41) is 0. The monoisotopic (exact) mass is 353 g/mol. The summed E-state index contributed by atoms with van der Waals surface area (Å²) in [5.41, 5.74) is 0.944. The summed E-state index contributed by atoms with van der Waals surface area (Å²) < 4.78 is 27.2. The fourth-order valence-electron chi connectivity index (χ4n) is 1.53. The molecule has 18 heavy (non-hydrogen) atoms. The zero-order valence-electron chi connectivity index (χ0n) is 10.2. The van der Waals surface area contributed by atoms with E-state index in [2.05, 4.69) is 20.7 Å². The first-order valence-corrected chi connectivity index (χ1v) is 8.74. The van der Waals surface area contributed by atoms with E-state index in [0.29, 0.717) is 12.3 Å². The van der Waals surface area contributed by atoms with Gasteiger partial charge in [-0.05, 0) is 37.5 Å². The van der Waals surface area contributed by atoms with E-state index in [9.17, 15) is 8.42 Å². The van der Waals surface area contributed by atoms with Crippen LogP contribution in [0.15, 0.2) is 28.7 Å². The van der Waals surface area contributed by atoms with Gasteiger partial charge in [0.25, 0.3) is 0 Å². The second kappa shape index (κ2) is 7.48. The minimum absolute atomic E-state index is 0.126. The summed E-state index contributed by atoms with van der Waals surface area (Å²) >= 11 is 8.87. The molecule has 0 aliphatic rings. The van der Waals surface area contributed by atoms with E-state index in [1.165, 1.54) is 0 Å². The predicted octanol–water partition coefficient (Wildman–Crippen LogP) is 3.45. The molecular formula is C12H17BrClNO2S. The van der Waals surface area contributed by atoms with Crippen molar-refractivity contribution in [2.45, 2.75) is 25.8 Å². The van der Waals surface area contributed by atoms with Gasteiger partial charge in [-0.15, -0.1) is 11.6 Å². The maximum Gasteiger partial charge on any atom is 0.212 e. The quantitative estimate of drug-likeness (QED) is 0.602. The molecular weight excluding hydrogens is 338 g/mol. The molecule has 0 unspecified atom stereocenters. The first-order chi connectivity index (χ1) is 8.44. The van der Waals surface area contributed by atoms with Crippen LogP contribution in [0, 0.1) is 0 Å². The highest BCUT2D eigenvalue weighted by Gasteiger charge is 2.15. The van der Waals surface area contributed by atoms with Crippen LogP contribution in [0.1, 0.15) is 31.4 Å². The van der Waals surface area contributed by atoms with Gasteiger partial charge in [-0.1, -0.05) is 28.1 Å². The molecule has 0 bridgehead atoms. The Hall–Kier alpha value is -0.100. The van der Waals surface area contributed by atoms with Crippen LogP contribution in [0.25, 0.3) is 0 Å². The molecule has 0 saturated carbocycles. The molecule has 1 aromatic rings. The largest absolute Gasteiger partial charge is 0.212 e. The lowest BCUT2D eigenvalue weighted by Gasteiger charge is -2.14. The van der Waals surface area contributed by atoms with Crippen molar-refractivity contribution in [3.63, 3.8) is 0 Å². The van der Waals surface area contributed by atoms with Crippen LogP contribution in [-0.4, -0.2) is 20.1 Å². The van der Waals surface area contributed by atoms with Crippen LogP contribution < -0.4 is 4.72 Å². The number of sulfonamides is 1. The zero-order valence-corrected chi connectivity index (χ0v) is 13.4. The molecule has 0 radical (unpaired) electrons. The molecule has 3 nitrogen and oxygen atoms in total. The number of nitrogens with one attached hydrogen (secondary N) is 1. The van der Waals surface area contributed by atoms with Gasteiger partial charge in [0, 0.05) is 16.4 Å². The fourth-order valence-corrected chi connectivity index (χ4v) is 3.36. The van der Waals surface area contributed by atoms with E-state index in [0.717, 1.165) is 16.5 Å². The van der Waals surface area contributed by atoms with Gasteiger partial charge in [-0.25, -0.2) is 13.1 Å². The van der Waals surface area contributed by atoms with Crippen LogP contribution in [-0.2, 0) is 10.0 Å². The smallest absolute Gasteiger partial charge is 0.212 e. The number of unbranched alkanes of at least 4 members (excludes halogenated alkanes) is 1. The van der Waals surface area contributed by atoms with Crippen LogP contribution in [0.2, 0.25) is 0 Å². The van der Waals surface area contributed by atoms with Crippen LogP contribution in [0.4, 0.5) is 0 Å². The molecule has 0 fully saturated rings. The highest BCUT2D eigenvalue weighted by molar-refractivity contribution is 9.10. The lowest BCUT2D eigenvalue weighted by molar-refractivity contribution is 0.564. The average Bonchev–Trinajstić information content (AvgIpc) is 2.29. The van der Waals surface area contributed by atoms with Crippen molar-refractivity contribution in [2.75, 3.05) is 11.6 Å². The third-order valence-corrected chi connectivity index (χ3v) is 4.86. The van der Waals surface area contributed by atoms with Gasteiger partial charge in [0.2, 0.25) is 10.0 Å². The van der Waals surface area contributed by atoms with Gasteiger partial charge in [-0.3, -0.25) is 0 Å². The first-order valence-electron chi connectivity index (χ1n) is 5.76. The molecule has 1 rings (SSSR count). The summed E-state index contributed by atoms with van der Waals surface area (Å²) in [7, 11) is -3.23. The van der Waals surface area contributed by atoms with E-state index in [1.54, 1.807) is 0 Å². The SMILES string of the molecule is C[C@@H](NS(=O)(=O)CCCCCl)c1ccc(Br)cc1. The van der Waals surface area contributed by atoms with Gasteiger partial charge in [-0.2, -0.15) is 0 Å². The predicted molar refractivity (Wildman–Crippen MR) is 79.4 cm³/mol. The second-order valence-electron chi connectivity index (χ2n) is 4.11. The van der Waals surface area contributed by atoms with E-state index in [4.69, 9.17) is 11.6 Å². The van der Waals surface area contributed by atoms with Crippen molar-refractivity contribution < 1.29 is 8.42 Å². The van der Waals surface area contributed by atoms with Crippen molar-refractivity contribution in [3.8, 4) is 0 Å². The van der Waals surface area contributed by atoms with Crippen molar-refractivity contribution in [1.29, 1.82) is 0 Å². The maximum atomic E-state index is 11.8. The van der Waals surface area contributed by atoms with E-state index < -0.39 is 10.0 Å². The number of hydrogen-bond acceptors (Lipinski definition) is 2. The molecule has 0 aromatic heterocycles. The Morgan fingerprint density at radius 2 is 1.89 bits per heavy atom. The Morgan fingerprint density at radius 3 is 2.44 bits per heavy atom. The van der Waals surface area contributed by atoms with Gasteiger partial charge in [0.15, 0.2) is 0 Å². The van der Waals surface area contributed by atoms with Gasteiger partial charge in [0.1, 0.15) is 0 Å². The molecule has 1 N–H and O–H groups in total. The van der Waals surface area contributed by atoms with Gasteiger partial charge >= 0.3 is 0 Å². The second-order valence-corrected chi connectivity index (χ2v) is 7.27. The Morgan fingerprint density at radius 1 is 1.28 bits per heavy atom. The van der Waals surface area contributed by atoms with Crippen molar-refractivity contribution >= 4 is 37.6 Å². The summed E-state index contributed by atoms with van der Waals surface area (Å²) in [6.45, 7) is 1.84. The molecule has 0 aliphatic heterocycles. The molecule has 0 heterocycles. The van der Waals surface area contributed by atoms with E-state index >= 15 is 0 Å². The number of halogens is 2. The highest BCUT2D eigenvalue weighted by Crippen LogP contribution is 2.17. The Balaban J connectivity index is 2.58. The first kappa shape index (κ1) is 16.0. The van der Waals surface area contributed by atoms with Crippen LogP contribution in [0.3, 0.4) is 0 Å². The summed E-state index contributed by atoms with van der Waals surface area (Å²) in [4.78, 5) is 0. The minimum atomic E-state index is -3.23. The topological polar surface area (TPSA) is 46.2 Å². The number of hydrogen-bond donors (Lipinski definition) is 1. The molecule has 0 aliphatic carbocycles. The van der Waals surface area contributed by atoms with E-state index in [-0.39, 0.29) is 11.8 Å². The molecule has 1 aromatic carbocycles. The maximum absolute atomic E-state index is 11.8. The Kier molecular flexibility index (Phi) is 6.63. The van der Waals surface area contributed by atoms with Crippen molar-refractivity contribution in [3.05, 3.63) is 34.3 Å². The van der Waals surface area contributed by atoms with Gasteiger partial charge < -0.3 is 0 Å². The normalized spacial score (nSPS) is 13.5. The fraction of sp³-hybridized carbons (Fsp3) is 0.500. The van der Waals surface area contributed by atoms with Crippen molar-refractivity contribution in [1.82, 2.24) is 4.72 Å². The van der Waals surface area contributed by atoms with Crippen molar-refractivity contribution in [2.24, 2.45) is 0 Å². The molecule has 0 saturated heterocycles. The van der Waals surface area contributed by atoms with Crippen LogP contribution >= 0.6 is 27.5 Å². The highest BCUT2D eigenvalue weighted by atomic mass is 79.9. The zero-order chi connectivity index (χ0) is 13.6. The average molecular weight is 355 g/mol. The molecule has 0 amide bonds. The minimum Gasteiger partial charge on any atom is -0.212 e. The van der Waals surface area contributed by atoms with Crippen LogP contribution in [0.5, 0.6) is 0 Å². The summed E-state index contributed by atoms with van der Waals surface area (Å²) in [5.74, 6) is 0.623. The Bertz CT molecular complexity index is 461. The standard InChI is InChI=1S/C12H17BrClNO2S/c1-10(11-4-6-12(13)7-5-11)15-18(16,17)9-3-2-8-14/h4-7,10,15H,2-3,8-9H2,1H3/t10-/m1/s1. The molecule has 1 atom stereocenters. The number of benzene rings is 1. The molecule has 102 valence electrons. The Labute approximate surface area is 122 Å². The lowest BCUT2D eigenvalue weighted by atomic mass is 10.1.